The molecule has 2 fully saturated rings. The van der Waals surface area contributed by atoms with Crippen molar-refractivity contribution in [2.24, 2.45) is 5.92 Å². The molecule has 6 heteroatoms. The Morgan fingerprint density at radius 2 is 1.55 bits per heavy atom. The Hall–Kier alpha value is -2.99. The van der Waals surface area contributed by atoms with Crippen LogP contribution in [0.5, 0.6) is 0 Å². The van der Waals surface area contributed by atoms with E-state index in [1.807, 2.05) is 65.6 Å². The van der Waals surface area contributed by atoms with Crippen molar-refractivity contribution in [1.82, 2.24) is 19.7 Å². The van der Waals surface area contributed by atoms with Gasteiger partial charge in [0.1, 0.15) is 0 Å². The lowest BCUT2D eigenvalue weighted by atomic mass is 9.90. The van der Waals surface area contributed by atoms with Gasteiger partial charge in [-0.15, -0.1) is 5.10 Å². The molecule has 1 saturated heterocycles. The molecular formula is C27H32N4O2. The van der Waals surface area contributed by atoms with Gasteiger partial charge in [0.25, 0.3) is 5.91 Å². The highest BCUT2D eigenvalue weighted by atomic mass is 16.5. The van der Waals surface area contributed by atoms with Crippen LogP contribution in [0.3, 0.4) is 0 Å². The second-order valence-electron chi connectivity index (χ2n) is 9.20. The van der Waals surface area contributed by atoms with Crippen molar-refractivity contribution in [2.45, 2.75) is 51.0 Å². The molecule has 1 saturated carbocycles. The van der Waals surface area contributed by atoms with Crippen LogP contribution in [0.15, 0.2) is 60.7 Å². The molecule has 0 radical (unpaired) electrons. The lowest BCUT2D eigenvalue weighted by Gasteiger charge is -2.32. The number of carbonyl (C=O) groups is 1. The smallest absolute Gasteiger partial charge is 0.293 e. The SMILES string of the molecule is O=C(c1nc(-c2ccccc2)n(-c2ccccc2)n1)N1CCC(OCC2CCCCC2)CC1. The van der Waals surface area contributed by atoms with E-state index in [1.165, 1.54) is 32.1 Å². The molecule has 1 aromatic heterocycles. The Bertz CT molecular complexity index is 979. The average Bonchev–Trinajstić information content (AvgIpc) is 3.35. The van der Waals surface area contributed by atoms with Gasteiger partial charge >= 0.3 is 0 Å². The van der Waals surface area contributed by atoms with Gasteiger partial charge in [0.15, 0.2) is 5.82 Å². The summed E-state index contributed by atoms with van der Waals surface area (Å²) in [7, 11) is 0. The van der Waals surface area contributed by atoms with Crippen LogP contribution < -0.4 is 0 Å². The number of likely N-dealkylation sites (tertiary alicyclic amines) is 1. The van der Waals surface area contributed by atoms with E-state index in [2.05, 4.69) is 10.1 Å². The van der Waals surface area contributed by atoms with Gasteiger partial charge < -0.3 is 9.64 Å². The van der Waals surface area contributed by atoms with Crippen molar-refractivity contribution in [3.8, 4) is 17.1 Å². The van der Waals surface area contributed by atoms with E-state index >= 15 is 0 Å². The highest BCUT2D eigenvalue weighted by Gasteiger charge is 2.28. The maximum absolute atomic E-state index is 13.3. The number of para-hydroxylation sites is 1. The molecule has 2 aliphatic rings. The Labute approximate surface area is 195 Å². The molecule has 2 heterocycles. The Morgan fingerprint density at radius 1 is 0.879 bits per heavy atom. The molecule has 172 valence electrons. The fourth-order valence-electron chi connectivity index (χ4n) is 4.92. The number of ether oxygens (including phenoxy) is 1. The number of hydrogen-bond donors (Lipinski definition) is 0. The summed E-state index contributed by atoms with van der Waals surface area (Å²) in [6.07, 6.45) is 8.67. The molecular weight excluding hydrogens is 412 g/mol. The predicted octanol–water partition coefficient (Wildman–Crippen LogP) is 5.14. The van der Waals surface area contributed by atoms with Crippen molar-refractivity contribution >= 4 is 5.91 Å². The third kappa shape index (κ3) is 5.17. The van der Waals surface area contributed by atoms with Gasteiger partial charge in [0.2, 0.25) is 5.82 Å². The molecule has 1 aliphatic heterocycles. The standard InChI is InChI=1S/C27H32N4O2/c32-27(30-18-16-24(17-19-30)33-20-21-10-4-1-5-11-21)25-28-26(22-12-6-2-7-13-22)31(29-25)23-14-8-3-9-15-23/h2-3,6-9,12-15,21,24H,1,4-5,10-11,16-20H2. The third-order valence-corrected chi connectivity index (χ3v) is 6.85. The quantitative estimate of drug-likeness (QED) is 0.528. The van der Waals surface area contributed by atoms with Crippen LogP contribution in [0, 0.1) is 5.92 Å². The monoisotopic (exact) mass is 444 g/mol. The summed E-state index contributed by atoms with van der Waals surface area (Å²) in [6, 6.07) is 19.7. The van der Waals surface area contributed by atoms with Crippen molar-refractivity contribution in [3.63, 3.8) is 0 Å². The molecule has 5 rings (SSSR count). The second-order valence-corrected chi connectivity index (χ2v) is 9.20. The Morgan fingerprint density at radius 3 is 2.24 bits per heavy atom. The van der Waals surface area contributed by atoms with E-state index in [0.29, 0.717) is 18.9 Å². The fraction of sp³-hybridized carbons (Fsp3) is 0.444. The number of hydrogen-bond acceptors (Lipinski definition) is 4. The predicted molar refractivity (Wildman–Crippen MR) is 128 cm³/mol. The number of amides is 1. The van der Waals surface area contributed by atoms with Crippen molar-refractivity contribution in [1.29, 1.82) is 0 Å². The van der Waals surface area contributed by atoms with E-state index in [1.54, 1.807) is 4.68 Å². The Kier molecular flexibility index (Phi) is 6.81. The summed E-state index contributed by atoms with van der Waals surface area (Å²) < 4.78 is 7.99. The zero-order valence-corrected chi connectivity index (χ0v) is 19.1. The van der Waals surface area contributed by atoms with Crippen LogP contribution in [-0.2, 0) is 4.74 Å². The molecule has 1 aliphatic carbocycles. The van der Waals surface area contributed by atoms with Crippen LogP contribution in [0.2, 0.25) is 0 Å². The van der Waals surface area contributed by atoms with Crippen LogP contribution >= 0.6 is 0 Å². The summed E-state index contributed by atoms with van der Waals surface area (Å²) in [4.78, 5) is 19.8. The van der Waals surface area contributed by atoms with Crippen LogP contribution in [-0.4, -0.2) is 51.4 Å². The molecule has 6 nitrogen and oxygen atoms in total. The van der Waals surface area contributed by atoms with Crippen molar-refractivity contribution in [3.05, 3.63) is 66.5 Å². The minimum Gasteiger partial charge on any atom is -0.378 e. The van der Waals surface area contributed by atoms with E-state index in [0.717, 1.165) is 36.6 Å². The summed E-state index contributed by atoms with van der Waals surface area (Å²) in [5.41, 5.74) is 1.82. The number of nitrogens with zero attached hydrogens (tertiary/aromatic N) is 4. The molecule has 0 unspecified atom stereocenters. The number of aromatic nitrogens is 3. The van der Waals surface area contributed by atoms with E-state index in [4.69, 9.17) is 4.74 Å². The second kappa shape index (κ2) is 10.3. The highest BCUT2D eigenvalue weighted by Crippen LogP contribution is 2.26. The lowest BCUT2D eigenvalue weighted by Crippen LogP contribution is -2.41. The molecule has 0 spiro atoms. The van der Waals surface area contributed by atoms with E-state index < -0.39 is 0 Å². The first kappa shape index (κ1) is 21.8. The minimum absolute atomic E-state index is 0.104. The van der Waals surface area contributed by atoms with Gasteiger partial charge in [-0.05, 0) is 43.7 Å². The van der Waals surface area contributed by atoms with Gasteiger partial charge in [-0.25, -0.2) is 9.67 Å². The maximum Gasteiger partial charge on any atom is 0.293 e. The van der Waals surface area contributed by atoms with Gasteiger partial charge in [0.05, 0.1) is 11.8 Å². The first-order valence-electron chi connectivity index (χ1n) is 12.3. The third-order valence-electron chi connectivity index (χ3n) is 6.85. The van der Waals surface area contributed by atoms with Gasteiger partial charge in [-0.1, -0.05) is 67.8 Å². The molecule has 33 heavy (non-hydrogen) atoms. The molecule has 1 amide bonds. The van der Waals surface area contributed by atoms with Crippen LogP contribution in [0.4, 0.5) is 0 Å². The molecule has 3 aromatic rings. The number of benzene rings is 2. The molecule has 2 aromatic carbocycles. The summed E-state index contributed by atoms with van der Waals surface area (Å²) in [5, 5.41) is 4.63. The first-order chi connectivity index (χ1) is 16.3. The average molecular weight is 445 g/mol. The summed E-state index contributed by atoms with van der Waals surface area (Å²) >= 11 is 0. The normalized spacial score (nSPS) is 17.9. The topological polar surface area (TPSA) is 60.2 Å². The van der Waals surface area contributed by atoms with Gasteiger partial charge in [-0.2, -0.15) is 0 Å². The maximum atomic E-state index is 13.3. The van der Waals surface area contributed by atoms with Gasteiger partial charge in [-0.3, -0.25) is 4.79 Å². The molecule has 0 atom stereocenters. The number of piperidine rings is 1. The van der Waals surface area contributed by atoms with E-state index in [9.17, 15) is 4.79 Å². The van der Waals surface area contributed by atoms with Crippen LogP contribution in [0.25, 0.3) is 17.1 Å². The van der Waals surface area contributed by atoms with E-state index in [-0.39, 0.29) is 17.8 Å². The molecule has 0 N–H and O–H groups in total. The van der Waals surface area contributed by atoms with Crippen molar-refractivity contribution < 1.29 is 9.53 Å². The fourth-order valence-corrected chi connectivity index (χ4v) is 4.92. The minimum atomic E-state index is -0.104. The van der Waals surface area contributed by atoms with Crippen LogP contribution in [0.1, 0.15) is 55.6 Å². The number of carbonyl (C=O) groups excluding carboxylic acids is 1. The lowest BCUT2D eigenvalue weighted by molar-refractivity contribution is -0.0121. The zero-order chi connectivity index (χ0) is 22.5. The summed E-state index contributed by atoms with van der Waals surface area (Å²) in [6.45, 7) is 2.26. The summed E-state index contributed by atoms with van der Waals surface area (Å²) in [5.74, 6) is 1.55. The van der Waals surface area contributed by atoms with Gasteiger partial charge in [0, 0.05) is 25.3 Å². The Balaban J connectivity index is 1.27. The highest BCUT2D eigenvalue weighted by molar-refractivity contribution is 5.91. The first-order valence-corrected chi connectivity index (χ1v) is 12.3. The zero-order valence-electron chi connectivity index (χ0n) is 19.1. The molecule has 0 bridgehead atoms. The number of rotatable bonds is 6. The van der Waals surface area contributed by atoms with Crippen molar-refractivity contribution in [2.75, 3.05) is 19.7 Å². The largest absolute Gasteiger partial charge is 0.378 e.